The maximum atomic E-state index is 12.1. The van der Waals surface area contributed by atoms with Crippen LogP contribution in [0, 0.1) is 6.92 Å². The Morgan fingerprint density at radius 3 is 2.71 bits per heavy atom. The van der Waals surface area contributed by atoms with Gasteiger partial charge in [-0.3, -0.25) is 9.59 Å². The van der Waals surface area contributed by atoms with Crippen LogP contribution in [0.5, 0.6) is 0 Å². The third-order valence-electron chi connectivity index (χ3n) is 2.92. The van der Waals surface area contributed by atoms with Gasteiger partial charge in [0.1, 0.15) is 0 Å². The Balaban J connectivity index is 2.15. The molecule has 0 aliphatic heterocycles. The van der Waals surface area contributed by atoms with Crippen molar-refractivity contribution >= 4 is 28.8 Å². The minimum absolute atomic E-state index is 0.174. The number of aryl methyl sites for hydroxylation is 1. The number of hydrogen-bond acceptors (Lipinski definition) is 4. The van der Waals surface area contributed by atoms with Crippen molar-refractivity contribution in [1.29, 1.82) is 0 Å². The first-order valence-corrected chi connectivity index (χ1v) is 7.43. The number of thiophene rings is 1. The van der Waals surface area contributed by atoms with Crippen molar-refractivity contribution in [3.8, 4) is 0 Å². The van der Waals surface area contributed by atoms with Crippen molar-refractivity contribution in [2.45, 2.75) is 6.92 Å². The molecule has 1 aromatic carbocycles. The molecular formula is C15H17N3O2S. The molecular weight excluding hydrogens is 286 g/mol. The van der Waals surface area contributed by atoms with Gasteiger partial charge in [-0.2, -0.15) is 0 Å². The molecule has 2 rings (SSSR count). The van der Waals surface area contributed by atoms with Gasteiger partial charge in [-0.15, -0.1) is 11.3 Å². The maximum Gasteiger partial charge on any atom is 0.265 e. The number of nitrogens with two attached hydrogens (primary N) is 1. The second-order valence-electron chi connectivity index (χ2n) is 4.51. The number of rotatable bonds is 5. The molecule has 0 saturated heterocycles. The molecule has 0 bridgehead atoms. The average Bonchev–Trinajstić information content (AvgIpc) is 3.01. The van der Waals surface area contributed by atoms with Gasteiger partial charge < -0.3 is 16.4 Å². The van der Waals surface area contributed by atoms with Crippen LogP contribution in [0.15, 0.2) is 35.7 Å². The zero-order valence-electron chi connectivity index (χ0n) is 11.7. The summed E-state index contributed by atoms with van der Waals surface area (Å²) in [5, 5.41) is 7.38. The van der Waals surface area contributed by atoms with E-state index in [0.29, 0.717) is 29.2 Å². The quantitative estimate of drug-likeness (QED) is 0.790. The first kappa shape index (κ1) is 15.2. The van der Waals surface area contributed by atoms with Crippen LogP contribution in [0.2, 0.25) is 0 Å². The highest BCUT2D eigenvalue weighted by Crippen LogP contribution is 2.19. The Hall–Kier alpha value is -2.18. The lowest BCUT2D eigenvalue weighted by Gasteiger charge is -2.10. The van der Waals surface area contributed by atoms with Gasteiger partial charge in [0.15, 0.2) is 0 Å². The highest BCUT2D eigenvalue weighted by molar-refractivity contribution is 7.12. The standard InChI is InChI=1S/C15H17N3O2S/c1-10-4-5-11(14(19)17-7-6-16)9-12(10)18-15(20)13-3-2-8-21-13/h2-5,8-9H,6-7,16H2,1H3,(H,17,19)(H,18,20). The van der Waals surface area contributed by atoms with E-state index in [1.807, 2.05) is 18.4 Å². The molecule has 21 heavy (non-hydrogen) atoms. The van der Waals surface area contributed by atoms with E-state index in [-0.39, 0.29) is 11.8 Å². The van der Waals surface area contributed by atoms with Crippen molar-refractivity contribution in [3.63, 3.8) is 0 Å². The van der Waals surface area contributed by atoms with E-state index in [4.69, 9.17) is 5.73 Å². The predicted octanol–water partition coefficient (Wildman–Crippen LogP) is 2.00. The minimum Gasteiger partial charge on any atom is -0.351 e. The number of anilines is 1. The van der Waals surface area contributed by atoms with E-state index in [0.717, 1.165) is 5.56 Å². The SMILES string of the molecule is Cc1ccc(C(=O)NCCN)cc1NC(=O)c1cccs1. The Morgan fingerprint density at radius 2 is 2.05 bits per heavy atom. The highest BCUT2D eigenvalue weighted by Gasteiger charge is 2.11. The molecule has 1 heterocycles. The van der Waals surface area contributed by atoms with Gasteiger partial charge in [-0.05, 0) is 36.1 Å². The van der Waals surface area contributed by atoms with Crippen molar-refractivity contribution < 1.29 is 9.59 Å². The first-order chi connectivity index (χ1) is 10.1. The number of nitrogens with one attached hydrogen (secondary N) is 2. The summed E-state index contributed by atoms with van der Waals surface area (Å²) in [6.45, 7) is 2.69. The van der Waals surface area contributed by atoms with E-state index in [2.05, 4.69) is 10.6 Å². The second-order valence-corrected chi connectivity index (χ2v) is 5.45. The molecule has 0 aliphatic rings. The number of carbonyl (C=O) groups excluding carboxylic acids is 2. The smallest absolute Gasteiger partial charge is 0.265 e. The molecule has 6 heteroatoms. The lowest BCUT2D eigenvalue weighted by atomic mass is 10.1. The van der Waals surface area contributed by atoms with Crippen molar-refractivity contribution in [3.05, 3.63) is 51.7 Å². The Labute approximate surface area is 127 Å². The van der Waals surface area contributed by atoms with E-state index >= 15 is 0 Å². The van der Waals surface area contributed by atoms with Crippen LogP contribution in [-0.4, -0.2) is 24.9 Å². The largest absolute Gasteiger partial charge is 0.351 e. The summed E-state index contributed by atoms with van der Waals surface area (Å²) >= 11 is 1.37. The molecule has 5 nitrogen and oxygen atoms in total. The van der Waals surface area contributed by atoms with E-state index in [1.54, 1.807) is 24.3 Å². The zero-order chi connectivity index (χ0) is 15.2. The molecule has 110 valence electrons. The fourth-order valence-electron chi connectivity index (χ4n) is 1.78. The summed E-state index contributed by atoms with van der Waals surface area (Å²) < 4.78 is 0. The fraction of sp³-hybridized carbons (Fsp3) is 0.200. The van der Waals surface area contributed by atoms with Crippen molar-refractivity contribution in [2.75, 3.05) is 18.4 Å². The van der Waals surface area contributed by atoms with Gasteiger partial charge >= 0.3 is 0 Å². The lowest BCUT2D eigenvalue weighted by molar-refractivity contribution is 0.0953. The van der Waals surface area contributed by atoms with Crippen LogP contribution in [0.3, 0.4) is 0 Å². The van der Waals surface area contributed by atoms with E-state index in [1.165, 1.54) is 11.3 Å². The third kappa shape index (κ3) is 3.90. The van der Waals surface area contributed by atoms with Crippen molar-refractivity contribution in [1.82, 2.24) is 5.32 Å². The van der Waals surface area contributed by atoms with Crippen molar-refractivity contribution in [2.24, 2.45) is 5.73 Å². The van der Waals surface area contributed by atoms with Crippen LogP contribution >= 0.6 is 11.3 Å². The molecule has 0 atom stereocenters. The summed E-state index contributed by atoms with van der Waals surface area (Å²) in [4.78, 5) is 24.6. The maximum absolute atomic E-state index is 12.1. The third-order valence-corrected chi connectivity index (χ3v) is 3.79. The normalized spacial score (nSPS) is 10.2. The molecule has 4 N–H and O–H groups in total. The molecule has 0 radical (unpaired) electrons. The average molecular weight is 303 g/mol. The summed E-state index contributed by atoms with van der Waals surface area (Å²) in [7, 11) is 0. The molecule has 0 aliphatic carbocycles. The Bertz CT molecular complexity index is 638. The van der Waals surface area contributed by atoms with Crippen LogP contribution < -0.4 is 16.4 Å². The van der Waals surface area contributed by atoms with Crippen LogP contribution in [0.4, 0.5) is 5.69 Å². The van der Waals surface area contributed by atoms with Gasteiger partial charge in [0.25, 0.3) is 11.8 Å². The highest BCUT2D eigenvalue weighted by atomic mass is 32.1. The number of amides is 2. The van der Waals surface area contributed by atoms with E-state index < -0.39 is 0 Å². The lowest BCUT2D eigenvalue weighted by Crippen LogP contribution is -2.29. The van der Waals surface area contributed by atoms with Gasteiger partial charge in [0, 0.05) is 24.3 Å². The molecule has 2 aromatic rings. The molecule has 0 unspecified atom stereocenters. The monoisotopic (exact) mass is 303 g/mol. The Morgan fingerprint density at radius 1 is 1.24 bits per heavy atom. The number of carbonyl (C=O) groups is 2. The second kappa shape index (κ2) is 7.01. The molecule has 0 spiro atoms. The van der Waals surface area contributed by atoms with Gasteiger partial charge in [0.05, 0.1) is 4.88 Å². The number of benzene rings is 1. The fourth-order valence-corrected chi connectivity index (χ4v) is 2.40. The van der Waals surface area contributed by atoms with Crippen LogP contribution in [-0.2, 0) is 0 Å². The topological polar surface area (TPSA) is 84.2 Å². The number of hydrogen-bond donors (Lipinski definition) is 3. The van der Waals surface area contributed by atoms with Gasteiger partial charge in [-0.1, -0.05) is 12.1 Å². The van der Waals surface area contributed by atoms with E-state index in [9.17, 15) is 9.59 Å². The molecule has 1 aromatic heterocycles. The summed E-state index contributed by atoms with van der Waals surface area (Å²) in [5.41, 5.74) is 7.39. The van der Waals surface area contributed by atoms with Crippen LogP contribution in [0.25, 0.3) is 0 Å². The first-order valence-electron chi connectivity index (χ1n) is 6.55. The van der Waals surface area contributed by atoms with Gasteiger partial charge in [0.2, 0.25) is 0 Å². The van der Waals surface area contributed by atoms with Gasteiger partial charge in [-0.25, -0.2) is 0 Å². The Kier molecular flexibility index (Phi) is 5.08. The summed E-state index contributed by atoms with van der Waals surface area (Å²) in [6, 6.07) is 8.78. The minimum atomic E-state index is -0.202. The molecule has 2 amide bonds. The summed E-state index contributed by atoms with van der Waals surface area (Å²) in [6.07, 6.45) is 0. The predicted molar refractivity (Wildman–Crippen MR) is 84.8 cm³/mol. The summed E-state index contributed by atoms with van der Waals surface area (Å²) in [5.74, 6) is -0.375. The molecule has 0 saturated carbocycles. The molecule has 0 fully saturated rings. The zero-order valence-corrected chi connectivity index (χ0v) is 12.5. The van der Waals surface area contributed by atoms with Crippen LogP contribution in [0.1, 0.15) is 25.6 Å².